The Hall–Kier alpha value is -0.820. The van der Waals surface area contributed by atoms with Crippen LogP contribution in [-0.4, -0.2) is 6.54 Å². The van der Waals surface area contributed by atoms with E-state index in [9.17, 15) is 0 Å². The third-order valence-corrected chi connectivity index (χ3v) is 3.04. The smallest absolute Gasteiger partial charge is 0.00799 e. The molecule has 0 aliphatic heterocycles. The molecule has 2 N–H and O–H groups in total. The average Bonchev–Trinajstić information content (AvgIpc) is 3.06. The maximum Gasteiger partial charge on any atom is -0.00799 e. The Bertz CT molecular complexity index is 297. The van der Waals surface area contributed by atoms with E-state index in [0.717, 1.165) is 13.0 Å². The SMILES string of the molecule is CC.CC.CCCC.CCCN.Cc1ccc2c(c1)CCC2. The minimum Gasteiger partial charge on any atom is -0.330 e. The fraction of sp³-hybridized carbons (Fsp3) is 0.714. The summed E-state index contributed by atoms with van der Waals surface area (Å²) in [4.78, 5) is 0. The van der Waals surface area contributed by atoms with Gasteiger partial charge in [-0.3, -0.25) is 0 Å². The van der Waals surface area contributed by atoms with Gasteiger partial charge in [-0.2, -0.15) is 0 Å². The molecule has 0 saturated heterocycles. The van der Waals surface area contributed by atoms with Crippen molar-refractivity contribution in [2.75, 3.05) is 6.54 Å². The molecule has 22 heavy (non-hydrogen) atoms. The van der Waals surface area contributed by atoms with E-state index in [-0.39, 0.29) is 0 Å². The summed E-state index contributed by atoms with van der Waals surface area (Å²) in [7, 11) is 0. The van der Waals surface area contributed by atoms with Gasteiger partial charge in [-0.15, -0.1) is 0 Å². The second-order valence-electron chi connectivity index (χ2n) is 4.91. The molecule has 0 heterocycles. The quantitative estimate of drug-likeness (QED) is 0.646. The van der Waals surface area contributed by atoms with Crippen LogP contribution < -0.4 is 5.73 Å². The highest BCUT2D eigenvalue weighted by atomic mass is 14.5. The van der Waals surface area contributed by atoms with Gasteiger partial charge < -0.3 is 5.73 Å². The van der Waals surface area contributed by atoms with Gasteiger partial charge in [0.05, 0.1) is 0 Å². The number of benzene rings is 1. The van der Waals surface area contributed by atoms with E-state index in [2.05, 4.69) is 45.9 Å². The Morgan fingerprint density at radius 1 is 0.818 bits per heavy atom. The molecule has 0 atom stereocenters. The summed E-state index contributed by atoms with van der Waals surface area (Å²) in [5.74, 6) is 0. The fourth-order valence-electron chi connectivity index (χ4n) is 1.70. The zero-order valence-corrected chi connectivity index (χ0v) is 16.8. The predicted octanol–water partition coefficient (Wildman–Crippen LogP) is 6.70. The maximum atomic E-state index is 5.03. The van der Waals surface area contributed by atoms with E-state index in [1.54, 1.807) is 11.1 Å². The van der Waals surface area contributed by atoms with Crippen LogP contribution in [0.5, 0.6) is 0 Å². The largest absolute Gasteiger partial charge is 0.330 e. The molecule has 0 aromatic heterocycles. The standard InChI is InChI=1S/C10H12.C4H10.C3H9N.2C2H6/c1-8-5-6-9-3-2-4-10(9)7-8;1-3-4-2;1-2-3-4;2*1-2/h5-7H,2-4H2,1H3;3-4H2,1-2H3;2-4H2,1H3;2*1-2H3. The fourth-order valence-corrected chi connectivity index (χ4v) is 1.70. The zero-order chi connectivity index (χ0) is 17.8. The molecule has 0 saturated carbocycles. The molecule has 1 nitrogen and oxygen atoms in total. The lowest BCUT2D eigenvalue weighted by Gasteiger charge is -1.98. The van der Waals surface area contributed by atoms with Crippen molar-refractivity contribution in [2.45, 2.75) is 93.9 Å². The first-order valence-electron chi connectivity index (χ1n) is 9.47. The van der Waals surface area contributed by atoms with Crippen LogP contribution in [0.3, 0.4) is 0 Å². The van der Waals surface area contributed by atoms with Gasteiger partial charge in [0, 0.05) is 0 Å². The van der Waals surface area contributed by atoms with E-state index < -0.39 is 0 Å². The van der Waals surface area contributed by atoms with Crippen LogP contribution in [0.1, 0.15) is 90.8 Å². The van der Waals surface area contributed by atoms with E-state index in [1.807, 2.05) is 27.7 Å². The topological polar surface area (TPSA) is 26.0 Å². The van der Waals surface area contributed by atoms with Crippen molar-refractivity contribution in [3.63, 3.8) is 0 Å². The zero-order valence-electron chi connectivity index (χ0n) is 16.8. The second-order valence-corrected chi connectivity index (χ2v) is 4.91. The highest BCUT2D eigenvalue weighted by Gasteiger charge is 2.08. The lowest BCUT2D eigenvalue weighted by atomic mass is 10.1. The monoisotopic (exact) mass is 309 g/mol. The minimum atomic E-state index is 0.819. The van der Waals surface area contributed by atoms with Crippen molar-refractivity contribution in [3.05, 3.63) is 34.9 Å². The lowest BCUT2D eigenvalue weighted by Crippen LogP contribution is -1.93. The first-order valence-corrected chi connectivity index (χ1v) is 9.47. The number of aryl methyl sites for hydroxylation is 3. The van der Waals surface area contributed by atoms with E-state index >= 15 is 0 Å². The molecule has 1 aliphatic carbocycles. The van der Waals surface area contributed by atoms with Crippen LogP contribution >= 0.6 is 0 Å². The van der Waals surface area contributed by atoms with Gasteiger partial charge >= 0.3 is 0 Å². The van der Waals surface area contributed by atoms with Crippen LogP contribution in [-0.2, 0) is 12.8 Å². The minimum absolute atomic E-state index is 0.819. The first kappa shape index (κ1) is 26.1. The third kappa shape index (κ3) is 15.6. The normalized spacial score (nSPS) is 10.2. The molecule has 1 aliphatic rings. The molecule has 1 heteroatoms. The highest BCUT2D eigenvalue weighted by molar-refractivity contribution is 5.34. The summed E-state index contributed by atoms with van der Waals surface area (Å²) >= 11 is 0. The average molecular weight is 310 g/mol. The Balaban J connectivity index is -0.000000256. The molecule has 0 spiro atoms. The van der Waals surface area contributed by atoms with Gasteiger partial charge in [0.15, 0.2) is 0 Å². The van der Waals surface area contributed by atoms with Gasteiger partial charge in [-0.1, -0.05) is 85.1 Å². The summed E-state index contributed by atoms with van der Waals surface area (Å²) in [6, 6.07) is 6.81. The van der Waals surface area contributed by atoms with E-state index in [0.29, 0.717) is 0 Å². The van der Waals surface area contributed by atoms with Crippen LogP contribution in [0.15, 0.2) is 18.2 Å². The van der Waals surface area contributed by atoms with Crippen LogP contribution in [0, 0.1) is 6.92 Å². The van der Waals surface area contributed by atoms with Gasteiger partial charge in [-0.25, -0.2) is 0 Å². The van der Waals surface area contributed by atoms with Crippen LogP contribution in [0.25, 0.3) is 0 Å². The number of unbranched alkanes of at least 4 members (excludes halogenated alkanes) is 1. The summed E-state index contributed by atoms with van der Waals surface area (Å²) in [6.45, 7) is 17.4. The van der Waals surface area contributed by atoms with Crippen LogP contribution in [0.4, 0.5) is 0 Å². The summed E-state index contributed by atoms with van der Waals surface area (Å²) < 4.78 is 0. The van der Waals surface area contributed by atoms with Gasteiger partial charge in [-0.05, 0) is 50.3 Å². The van der Waals surface area contributed by atoms with Gasteiger partial charge in [0.1, 0.15) is 0 Å². The molecule has 0 amide bonds. The first-order chi connectivity index (χ1) is 10.7. The van der Waals surface area contributed by atoms with Crippen molar-refractivity contribution in [1.82, 2.24) is 0 Å². The van der Waals surface area contributed by atoms with Gasteiger partial charge in [0.2, 0.25) is 0 Å². The number of nitrogens with two attached hydrogens (primary N) is 1. The number of hydrogen-bond acceptors (Lipinski definition) is 1. The van der Waals surface area contributed by atoms with E-state index in [4.69, 9.17) is 5.73 Å². The second kappa shape index (κ2) is 22.5. The molecular formula is C21H43N. The summed E-state index contributed by atoms with van der Waals surface area (Å²) in [5.41, 5.74) is 9.59. The molecule has 0 bridgehead atoms. The molecule has 1 aromatic carbocycles. The number of rotatable bonds is 2. The summed E-state index contributed by atoms with van der Waals surface area (Å²) in [6.07, 6.45) is 7.70. The van der Waals surface area contributed by atoms with Crippen molar-refractivity contribution in [1.29, 1.82) is 0 Å². The number of fused-ring (bicyclic) bond motifs is 1. The van der Waals surface area contributed by atoms with Crippen LogP contribution in [0.2, 0.25) is 0 Å². The molecule has 0 fully saturated rings. The summed E-state index contributed by atoms with van der Waals surface area (Å²) in [5, 5.41) is 0. The molecule has 1 aromatic rings. The van der Waals surface area contributed by atoms with Crippen molar-refractivity contribution >= 4 is 0 Å². The van der Waals surface area contributed by atoms with E-state index in [1.165, 1.54) is 37.7 Å². The van der Waals surface area contributed by atoms with Crippen molar-refractivity contribution in [2.24, 2.45) is 5.73 Å². The third-order valence-electron chi connectivity index (χ3n) is 3.04. The Morgan fingerprint density at radius 3 is 1.68 bits per heavy atom. The van der Waals surface area contributed by atoms with Crippen molar-refractivity contribution < 1.29 is 0 Å². The molecular weight excluding hydrogens is 266 g/mol. The Labute approximate surface area is 141 Å². The highest BCUT2D eigenvalue weighted by Crippen LogP contribution is 2.22. The predicted molar refractivity (Wildman–Crippen MR) is 106 cm³/mol. The van der Waals surface area contributed by atoms with Gasteiger partial charge in [0.25, 0.3) is 0 Å². The Morgan fingerprint density at radius 2 is 1.27 bits per heavy atom. The molecule has 132 valence electrons. The number of hydrogen-bond donors (Lipinski definition) is 1. The Kier molecular flexibility index (Phi) is 26.6. The molecule has 0 unspecified atom stereocenters. The maximum absolute atomic E-state index is 5.03. The van der Waals surface area contributed by atoms with Crippen molar-refractivity contribution in [3.8, 4) is 0 Å². The molecule has 0 radical (unpaired) electrons. The lowest BCUT2D eigenvalue weighted by molar-refractivity contribution is 0.886. The molecule has 2 rings (SSSR count).